The Balaban J connectivity index is 3.72. The Kier molecular flexibility index (Phi) is 22.4. The molecule has 0 fully saturated rings. The molecule has 4 atom stereocenters. The highest BCUT2D eigenvalue weighted by molar-refractivity contribution is 7.47. The fraction of sp³-hybridized carbons (Fsp3) is 1.00. The van der Waals surface area contributed by atoms with E-state index in [0.29, 0.717) is 13.2 Å². The molecule has 0 spiro atoms. The Morgan fingerprint density at radius 1 is 0.636 bits per heavy atom. The van der Waals surface area contributed by atoms with Crippen molar-refractivity contribution in [1.82, 2.24) is 0 Å². The molecule has 0 radical (unpaired) electrons. The van der Waals surface area contributed by atoms with E-state index in [1.54, 1.807) is 6.92 Å². The van der Waals surface area contributed by atoms with Crippen LogP contribution in [-0.4, -0.2) is 56.2 Å². The van der Waals surface area contributed by atoms with E-state index in [0.717, 1.165) is 38.7 Å². The lowest BCUT2D eigenvalue weighted by Crippen LogP contribution is -2.26. The first-order valence-corrected chi connectivity index (χ1v) is 14.8. The summed E-state index contributed by atoms with van der Waals surface area (Å²) in [5, 5.41) is 0. The molecule has 0 aromatic heterocycles. The Labute approximate surface area is 203 Å². The van der Waals surface area contributed by atoms with Crippen molar-refractivity contribution < 1.29 is 32.7 Å². The van der Waals surface area contributed by atoms with Gasteiger partial charge in [0.05, 0.1) is 44.7 Å². The van der Waals surface area contributed by atoms with Crippen LogP contribution in [0.15, 0.2) is 0 Å². The summed E-state index contributed by atoms with van der Waals surface area (Å²) < 4.78 is 39.3. The van der Waals surface area contributed by atoms with Crippen LogP contribution in [0.4, 0.5) is 0 Å². The highest BCUT2D eigenvalue weighted by Gasteiger charge is 2.24. The summed E-state index contributed by atoms with van der Waals surface area (Å²) in [6.45, 7) is 12.1. The third kappa shape index (κ3) is 23.5. The van der Waals surface area contributed by atoms with E-state index in [4.69, 9.17) is 23.3 Å². The van der Waals surface area contributed by atoms with E-state index in [-0.39, 0.29) is 25.4 Å². The summed E-state index contributed by atoms with van der Waals surface area (Å²) in [5.41, 5.74) is 0. The van der Waals surface area contributed by atoms with E-state index in [2.05, 4.69) is 13.8 Å². The highest BCUT2D eigenvalue weighted by Crippen LogP contribution is 2.44. The lowest BCUT2D eigenvalue weighted by molar-refractivity contribution is -0.0700. The molecular formula is C25H53O7P. The van der Waals surface area contributed by atoms with E-state index >= 15 is 0 Å². The summed E-state index contributed by atoms with van der Waals surface area (Å²) in [6, 6.07) is 0. The van der Waals surface area contributed by atoms with Gasteiger partial charge in [-0.15, -0.1) is 0 Å². The molecule has 0 saturated carbocycles. The lowest BCUT2D eigenvalue weighted by Gasteiger charge is -2.21. The van der Waals surface area contributed by atoms with Gasteiger partial charge >= 0.3 is 7.82 Å². The zero-order valence-electron chi connectivity index (χ0n) is 22.1. The molecule has 0 amide bonds. The minimum atomic E-state index is -4.06. The first kappa shape index (κ1) is 33.0. The maximum absolute atomic E-state index is 12.1. The van der Waals surface area contributed by atoms with Crippen molar-refractivity contribution in [3.8, 4) is 0 Å². The van der Waals surface area contributed by atoms with Crippen LogP contribution in [0.25, 0.3) is 0 Å². The summed E-state index contributed by atoms with van der Waals surface area (Å²) >= 11 is 0. The Morgan fingerprint density at radius 2 is 1.12 bits per heavy atom. The van der Waals surface area contributed by atoms with Gasteiger partial charge in [0.2, 0.25) is 0 Å². The Hall–Kier alpha value is -0.0100. The third-order valence-electron chi connectivity index (χ3n) is 5.29. The van der Waals surface area contributed by atoms with Gasteiger partial charge < -0.3 is 19.1 Å². The highest BCUT2D eigenvalue weighted by atomic mass is 31.2. The molecule has 8 heteroatoms. The number of phosphoric acid groups is 1. The predicted octanol–water partition coefficient (Wildman–Crippen LogP) is 7.06. The van der Waals surface area contributed by atoms with Gasteiger partial charge in [0.1, 0.15) is 0 Å². The van der Waals surface area contributed by atoms with Crippen molar-refractivity contribution in [3.63, 3.8) is 0 Å². The fourth-order valence-corrected chi connectivity index (χ4v) is 4.19. The van der Waals surface area contributed by atoms with E-state index in [1.165, 1.54) is 44.9 Å². The number of rotatable bonds is 25. The largest absolute Gasteiger partial charge is 0.472 e. The molecule has 0 bridgehead atoms. The molecule has 1 N–H and O–H groups in total. The summed E-state index contributed by atoms with van der Waals surface area (Å²) in [6.07, 6.45) is 13.5. The second-order valence-corrected chi connectivity index (χ2v) is 10.5. The first-order chi connectivity index (χ1) is 15.8. The van der Waals surface area contributed by atoms with Crippen LogP contribution in [0.3, 0.4) is 0 Å². The molecule has 0 aromatic carbocycles. The van der Waals surface area contributed by atoms with Gasteiger partial charge in [-0.25, -0.2) is 4.57 Å². The molecule has 200 valence electrons. The quantitative estimate of drug-likeness (QED) is 0.107. The summed E-state index contributed by atoms with van der Waals surface area (Å²) in [4.78, 5) is 9.91. The number of hydrogen-bond donors (Lipinski definition) is 1. The van der Waals surface area contributed by atoms with Gasteiger partial charge in [-0.3, -0.25) is 9.05 Å². The van der Waals surface area contributed by atoms with Gasteiger partial charge in [0.15, 0.2) is 0 Å². The predicted molar refractivity (Wildman–Crippen MR) is 135 cm³/mol. The average molecular weight is 497 g/mol. The molecule has 7 nitrogen and oxygen atoms in total. The van der Waals surface area contributed by atoms with Gasteiger partial charge in [0.25, 0.3) is 0 Å². The summed E-state index contributed by atoms with van der Waals surface area (Å²) in [7, 11) is -4.06. The maximum Gasteiger partial charge on any atom is 0.472 e. The average Bonchev–Trinajstić information content (AvgIpc) is 2.77. The fourth-order valence-electron chi connectivity index (χ4n) is 3.25. The molecule has 4 unspecified atom stereocenters. The topological polar surface area (TPSA) is 83.5 Å². The molecule has 0 aliphatic carbocycles. The molecule has 0 rings (SSSR count). The Bertz CT molecular complexity index is 464. The zero-order chi connectivity index (χ0) is 24.8. The number of phosphoric ester groups is 1. The summed E-state index contributed by atoms with van der Waals surface area (Å²) in [5.74, 6) is 0. The number of ether oxygens (including phenoxy) is 3. The van der Waals surface area contributed by atoms with Crippen LogP contribution < -0.4 is 0 Å². The van der Waals surface area contributed by atoms with Crippen molar-refractivity contribution in [2.24, 2.45) is 0 Å². The normalized spacial score (nSPS) is 16.4. The van der Waals surface area contributed by atoms with Crippen LogP contribution in [0.1, 0.15) is 112 Å². The van der Waals surface area contributed by atoms with Crippen molar-refractivity contribution in [2.75, 3.05) is 33.0 Å². The first-order valence-electron chi connectivity index (χ1n) is 13.3. The Morgan fingerprint density at radius 3 is 1.70 bits per heavy atom. The lowest BCUT2D eigenvalue weighted by atomic mass is 10.1. The molecule has 0 aliphatic rings. The smallest absolute Gasteiger partial charge is 0.379 e. The number of unbranched alkanes of at least 4 members (excludes halogenated alkanes) is 10. The van der Waals surface area contributed by atoms with Gasteiger partial charge in [0, 0.05) is 6.61 Å². The molecule has 0 aliphatic heterocycles. The molecule has 0 aromatic rings. The maximum atomic E-state index is 12.1. The van der Waals surface area contributed by atoms with E-state index in [1.807, 2.05) is 13.8 Å². The van der Waals surface area contributed by atoms with Crippen molar-refractivity contribution in [1.29, 1.82) is 0 Å². The van der Waals surface area contributed by atoms with Gasteiger partial charge in [-0.1, -0.05) is 78.1 Å². The van der Waals surface area contributed by atoms with Crippen molar-refractivity contribution >= 4 is 7.82 Å². The van der Waals surface area contributed by atoms with Gasteiger partial charge in [-0.05, 0) is 33.6 Å². The minimum absolute atomic E-state index is 0.00145. The molecular weight excluding hydrogens is 443 g/mol. The van der Waals surface area contributed by atoms with Crippen LogP contribution in [0.5, 0.6) is 0 Å². The standard InChI is InChI=1S/C25H53O7P/c1-6-8-10-11-12-13-14-15-16-17-19-31-33(26,27)32-25(5)22-30-24(4)21-29-23(3)20-28-18-9-7-2/h23-25H,6-22H2,1-5H3,(H,26,27). The van der Waals surface area contributed by atoms with Crippen LogP contribution >= 0.6 is 7.82 Å². The zero-order valence-corrected chi connectivity index (χ0v) is 23.0. The monoisotopic (exact) mass is 496 g/mol. The second-order valence-electron chi connectivity index (χ2n) is 9.12. The van der Waals surface area contributed by atoms with Crippen LogP contribution in [0, 0.1) is 0 Å². The van der Waals surface area contributed by atoms with Gasteiger partial charge in [-0.2, -0.15) is 0 Å². The van der Waals surface area contributed by atoms with Crippen LogP contribution in [0.2, 0.25) is 0 Å². The minimum Gasteiger partial charge on any atom is -0.379 e. The SMILES string of the molecule is CCCCCCCCCCCCOP(=O)(O)OC(C)COC(C)COC(C)COCCCC. The molecule has 0 saturated heterocycles. The number of hydrogen-bond acceptors (Lipinski definition) is 6. The third-order valence-corrected chi connectivity index (χ3v) is 6.43. The van der Waals surface area contributed by atoms with E-state index < -0.39 is 13.9 Å². The van der Waals surface area contributed by atoms with Crippen molar-refractivity contribution in [3.05, 3.63) is 0 Å². The van der Waals surface area contributed by atoms with Crippen molar-refractivity contribution in [2.45, 2.75) is 130 Å². The van der Waals surface area contributed by atoms with Crippen LogP contribution in [-0.2, 0) is 27.8 Å². The molecule has 0 heterocycles. The molecule has 33 heavy (non-hydrogen) atoms. The van der Waals surface area contributed by atoms with E-state index in [9.17, 15) is 9.46 Å². The second kappa shape index (κ2) is 22.5.